The van der Waals surface area contributed by atoms with Crippen LogP contribution in [-0.2, 0) is 6.61 Å². The highest BCUT2D eigenvalue weighted by molar-refractivity contribution is 7.71. The number of aromatic amines is 1. The van der Waals surface area contributed by atoms with Crippen molar-refractivity contribution in [1.29, 1.82) is 0 Å². The minimum absolute atomic E-state index is 0.364. The predicted molar refractivity (Wildman–Crippen MR) is 79.9 cm³/mol. The van der Waals surface area contributed by atoms with Gasteiger partial charge in [0.05, 0.1) is 6.21 Å². The second-order valence-electron chi connectivity index (χ2n) is 4.16. The molecule has 0 aliphatic carbocycles. The molecule has 0 saturated heterocycles. The molecule has 3 rings (SSSR count). The third kappa shape index (κ3) is 3.46. The van der Waals surface area contributed by atoms with Crippen molar-refractivity contribution in [3.8, 4) is 5.75 Å². The van der Waals surface area contributed by atoms with Crippen LogP contribution in [0.3, 0.4) is 0 Å². The van der Waals surface area contributed by atoms with E-state index < -0.39 is 0 Å². The molecule has 2 aromatic heterocycles. The van der Waals surface area contributed by atoms with Gasteiger partial charge in [-0.2, -0.15) is 14.9 Å². The highest BCUT2D eigenvalue weighted by Crippen LogP contribution is 2.13. The molecule has 0 unspecified atom stereocenters. The summed E-state index contributed by atoms with van der Waals surface area (Å²) in [5, 5.41) is 10.5. The Balaban J connectivity index is 1.63. The zero-order valence-electron chi connectivity index (χ0n) is 11.0. The molecule has 0 saturated carbocycles. The topological polar surface area (TPSA) is 68.3 Å². The first kappa shape index (κ1) is 13.3. The average Bonchev–Trinajstić information content (AvgIpc) is 3.13. The lowest BCUT2D eigenvalue weighted by molar-refractivity contribution is 0.270. The van der Waals surface area contributed by atoms with Crippen molar-refractivity contribution >= 4 is 18.4 Å². The minimum atomic E-state index is 0.364. The lowest BCUT2D eigenvalue weighted by atomic mass is 10.3. The number of aromatic nitrogens is 3. The molecule has 3 aromatic rings. The summed E-state index contributed by atoms with van der Waals surface area (Å²) < 4.78 is 13.1. The van der Waals surface area contributed by atoms with Gasteiger partial charge in [0.25, 0.3) is 0 Å². The van der Waals surface area contributed by atoms with Gasteiger partial charge in [0.15, 0.2) is 0 Å². The number of benzene rings is 1. The van der Waals surface area contributed by atoms with Gasteiger partial charge in [-0.1, -0.05) is 18.2 Å². The Labute approximate surface area is 125 Å². The van der Waals surface area contributed by atoms with Gasteiger partial charge in [0, 0.05) is 0 Å². The van der Waals surface area contributed by atoms with Crippen molar-refractivity contribution in [2.75, 3.05) is 0 Å². The Hall–Kier alpha value is -2.67. The Morgan fingerprint density at radius 1 is 1.29 bits per heavy atom. The van der Waals surface area contributed by atoms with Crippen molar-refractivity contribution in [3.63, 3.8) is 0 Å². The fraction of sp³-hybridized carbons (Fsp3) is 0.0714. The second-order valence-corrected chi connectivity index (χ2v) is 4.54. The highest BCUT2D eigenvalue weighted by Gasteiger charge is 2.01. The summed E-state index contributed by atoms with van der Waals surface area (Å²) in [5.41, 5.74) is 0. The number of ether oxygens (including phenoxy) is 1. The molecule has 0 spiro atoms. The minimum Gasteiger partial charge on any atom is -0.486 e. The highest BCUT2D eigenvalue weighted by atomic mass is 32.1. The normalized spacial score (nSPS) is 11.0. The van der Waals surface area contributed by atoms with Crippen LogP contribution in [0.15, 0.2) is 58.3 Å². The summed E-state index contributed by atoms with van der Waals surface area (Å²) in [5.74, 6) is 2.13. The van der Waals surface area contributed by atoms with E-state index in [0.29, 0.717) is 17.1 Å². The van der Waals surface area contributed by atoms with Gasteiger partial charge in [0.1, 0.15) is 30.2 Å². The van der Waals surface area contributed by atoms with Crippen LogP contribution in [0, 0.1) is 4.77 Å². The van der Waals surface area contributed by atoms with Crippen LogP contribution in [0.1, 0.15) is 11.5 Å². The molecule has 0 amide bonds. The Morgan fingerprint density at radius 3 is 2.90 bits per heavy atom. The Morgan fingerprint density at radius 2 is 2.14 bits per heavy atom. The number of rotatable bonds is 5. The number of H-pyrrole nitrogens is 1. The van der Waals surface area contributed by atoms with Gasteiger partial charge in [-0.25, -0.2) is 0 Å². The first-order valence-electron chi connectivity index (χ1n) is 6.24. The standard InChI is InChI=1S/C14H12N4O2S/c21-14-17-15-10-18(14)16-8-12-6-7-13(20-12)9-19-11-4-2-1-3-5-11/h1-8,10H,9H2,(H,17,21)/b16-8+. The summed E-state index contributed by atoms with van der Waals surface area (Å²) in [7, 11) is 0. The van der Waals surface area contributed by atoms with Gasteiger partial charge in [0.2, 0.25) is 4.77 Å². The molecular formula is C14H12N4O2S. The van der Waals surface area contributed by atoms with Gasteiger partial charge >= 0.3 is 0 Å². The molecule has 0 aliphatic heterocycles. The summed E-state index contributed by atoms with van der Waals surface area (Å²) in [6, 6.07) is 13.2. The van der Waals surface area contributed by atoms with Crippen LogP contribution >= 0.6 is 12.2 Å². The number of nitrogens with one attached hydrogen (secondary N) is 1. The van der Waals surface area contributed by atoms with Crippen molar-refractivity contribution in [2.45, 2.75) is 6.61 Å². The van der Waals surface area contributed by atoms with E-state index in [9.17, 15) is 0 Å². The fourth-order valence-electron chi connectivity index (χ4n) is 1.66. The molecule has 6 nitrogen and oxygen atoms in total. The summed E-state index contributed by atoms with van der Waals surface area (Å²) in [6.07, 6.45) is 3.05. The molecule has 21 heavy (non-hydrogen) atoms. The maximum atomic E-state index is 5.60. The second kappa shape index (κ2) is 6.19. The summed E-state index contributed by atoms with van der Waals surface area (Å²) in [4.78, 5) is 0. The number of hydrogen-bond donors (Lipinski definition) is 1. The van der Waals surface area contributed by atoms with E-state index in [1.807, 2.05) is 42.5 Å². The van der Waals surface area contributed by atoms with Gasteiger partial charge in [-0.15, -0.1) is 0 Å². The molecule has 2 heterocycles. The van der Waals surface area contributed by atoms with E-state index >= 15 is 0 Å². The maximum absolute atomic E-state index is 5.60. The molecule has 7 heteroatoms. The van der Waals surface area contributed by atoms with Crippen molar-refractivity contribution in [2.24, 2.45) is 5.10 Å². The van der Waals surface area contributed by atoms with E-state index in [4.69, 9.17) is 21.4 Å². The molecule has 0 radical (unpaired) electrons. The number of para-hydroxylation sites is 1. The van der Waals surface area contributed by atoms with Crippen molar-refractivity contribution < 1.29 is 9.15 Å². The zero-order chi connectivity index (χ0) is 14.5. The molecule has 106 valence electrons. The zero-order valence-corrected chi connectivity index (χ0v) is 11.8. The quantitative estimate of drug-likeness (QED) is 0.581. The van der Waals surface area contributed by atoms with E-state index in [-0.39, 0.29) is 0 Å². The fourth-order valence-corrected chi connectivity index (χ4v) is 1.80. The van der Waals surface area contributed by atoms with Crippen LogP contribution in [-0.4, -0.2) is 21.1 Å². The first-order chi connectivity index (χ1) is 10.3. The molecule has 0 fully saturated rings. The van der Waals surface area contributed by atoms with Crippen LogP contribution in [0.25, 0.3) is 0 Å². The van der Waals surface area contributed by atoms with Crippen molar-refractivity contribution in [1.82, 2.24) is 14.9 Å². The molecule has 1 aromatic carbocycles. The lowest BCUT2D eigenvalue weighted by Crippen LogP contribution is -1.93. The molecule has 1 N–H and O–H groups in total. The molecule has 0 aliphatic rings. The Bertz CT molecular complexity index is 788. The summed E-state index contributed by atoms with van der Waals surface area (Å²) in [6.45, 7) is 0.364. The smallest absolute Gasteiger partial charge is 0.216 e. The SMILES string of the molecule is S=c1[nH]ncn1/N=C/c1ccc(COc2ccccc2)o1. The average molecular weight is 300 g/mol. The maximum Gasteiger partial charge on any atom is 0.216 e. The Kier molecular flexibility index (Phi) is 3.92. The van der Waals surface area contributed by atoms with E-state index in [2.05, 4.69) is 15.3 Å². The summed E-state index contributed by atoms with van der Waals surface area (Å²) >= 11 is 4.98. The van der Waals surface area contributed by atoms with Crippen LogP contribution in [0.2, 0.25) is 0 Å². The van der Waals surface area contributed by atoms with E-state index in [1.54, 1.807) is 6.21 Å². The first-order valence-corrected chi connectivity index (χ1v) is 6.65. The third-order valence-electron chi connectivity index (χ3n) is 2.65. The van der Waals surface area contributed by atoms with E-state index in [0.717, 1.165) is 11.5 Å². The van der Waals surface area contributed by atoms with E-state index in [1.165, 1.54) is 11.0 Å². The van der Waals surface area contributed by atoms with Crippen LogP contribution in [0.4, 0.5) is 0 Å². The van der Waals surface area contributed by atoms with Crippen LogP contribution < -0.4 is 4.74 Å². The van der Waals surface area contributed by atoms with Gasteiger partial charge in [-0.3, -0.25) is 5.10 Å². The lowest BCUT2D eigenvalue weighted by Gasteiger charge is -2.02. The van der Waals surface area contributed by atoms with Crippen molar-refractivity contribution in [3.05, 3.63) is 65.1 Å². The monoisotopic (exact) mass is 300 g/mol. The molecular weight excluding hydrogens is 288 g/mol. The van der Waals surface area contributed by atoms with Gasteiger partial charge in [-0.05, 0) is 36.5 Å². The number of furan rings is 1. The number of nitrogens with zero attached hydrogens (tertiary/aromatic N) is 3. The molecule has 0 bridgehead atoms. The largest absolute Gasteiger partial charge is 0.486 e. The number of hydrogen-bond acceptors (Lipinski definition) is 5. The predicted octanol–water partition coefficient (Wildman–Crippen LogP) is 2.99. The van der Waals surface area contributed by atoms with Gasteiger partial charge < -0.3 is 9.15 Å². The third-order valence-corrected chi connectivity index (χ3v) is 2.93. The molecule has 0 atom stereocenters. The van der Waals surface area contributed by atoms with Crippen LogP contribution in [0.5, 0.6) is 5.75 Å².